The number of nitrogens with one attached hydrogen (secondary N) is 1. The van der Waals surface area contributed by atoms with Crippen molar-refractivity contribution in [1.29, 1.82) is 0 Å². The lowest BCUT2D eigenvalue weighted by Gasteiger charge is -2.04. The summed E-state index contributed by atoms with van der Waals surface area (Å²) in [6, 6.07) is 9.25. The standard InChI is InChI=1S/C10H11NO4/c12-9(13)7-15-10(14)11-6-8-4-2-1-3-5-8/h1-5H,6-7H2,(H,11,14)(H,12,13). The second kappa shape index (κ2) is 5.64. The molecule has 80 valence electrons. The van der Waals surface area contributed by atoms with Gasteiger partial charge in [-0.2, -0.15) is 0 Å². The van der Waals surface area contributed by atoms with Crippen LogP contribution in [0.1, 0.15) is 5.56 Å². The van der Waals surface area contributed by atoms with Gasteiger partial charge in [-0.25, -0.2) is 9.59 Å². The fourth-order valence-corrected chi connectivity index (χ4v) is 0.948. The zero-order chi connectivity index (χ0) is 11.1. The molecule has 0 unspecified atom stereocenters. The van der Waals surface area contributed by atoms with Crippen molar-refractivity contribution in [1.82, 2.24) is 5.32 Å². The van der Waals surface area contributed by atoms with Crippen molar-refractivity contribution in [3.63, 3.8) is 0 Å². The highest BCUT2D eigenvalue weighted by molar-refractivity contribution is 5.74. The van der Waals surface area contributed by atoms with E-state index < -0.39 is 18.7 Å². The normalized spacial score (nSPS) is 9.33. The Bertz CT molecular complexity index is 337. The largest absolute Gasteiger partial charge is 0.479 e. The lowest BCUT2D eigenvalue weighted by atomic mass is 10.2. The minimum Gasteiger partial charge on any atom is -0.479 e. The number of ether oxygens (including phenoxy) is 1. The van der Waals surface area contributed by atoms with Gasteiger partial charge in [0.05, 0.1) is 0 Å². The predicted octanol–water partition coefficient (Wildman–Crippen LogP) is 0.997. The lowest BCUT2D eigenvalue weighted by Crippen LogP contribution is -2.26. The van der Waals surface area contributed by atoms with Gasteiger partial charge in [0, 0.05) is 6.54 Å². The number of aliphatic carboxylic acids is 1. The molecule has 1 aromatic carbocycles. The highest BCUT2D eigenvalue weighted by Gasteiger charge is 2.04. The molecule has 0 saturated heterocycles. The van der Waals surface area contributed by atoms with Crippen LogP contribution in [0.3, 0.4) is 0 Å². The van der Waals surface area contributed by atoms with Crippen LogP contribution in [0.4, 0.5) is 4.79 Å². The van der Waals surface area contributed by atoms with Gasteiger partial charge in [-0.3, -0.25) is 0 Å². The average Bonchev–Trinajstić information content (AvgIpc) is 2.25. The van der Waals surface area contributed by atoms with Gasteiger partial charge >= 0.3 is 12.1 Å². The number of hydrogen-bond acceptors (Lipinski definition) is 3. The molecule has 0 atom stereocenters. The van der Waals surface area contributed by atoms with Crippen LogP contribution in [-0.4, -0.2) is 23.8 Å². The molecule has 0 aliphatic rings. The highest BCUT2D eigenvalue weighted by Crippen LogP contribution is 1.97. The molecule has 1 aromatic rings. The quantitative estimate of drug-likeness (QED) is 0.775. The van der Waals surface area contributed by atoms with Gasteiger partial charge in [0.15, 0.2) is 6.61 Å². The Balaban J connectivity index is 2.26. The molecule has 0 aliphatic heterocycles. The monoisotopic (exact) mass is 209 g/mol. The van der Waals surface area contributed by atoms with E-state index in [4.69, 9.17) is 5.11 Å². The maximum Gasteiger partial charge on any atom is 0.407 e. The molecule has 0 saturated carbocycles. The van der Waals surface area contributed by atoms with E-state index in [0.29, 0.717) is 6.54 Å². The number of carbonyl (C=O) groups is 2. The van der Waals surface area contributed by atoms with Gasteiger partial charge in [0.1, 0.15) is 0 Å². The first-order chi connectivity index (χ1) is 7.18. The number of carboxylic acids is 1. The average molecular weight is 209 g/mol. The van der Waals surface area contributed by atoms with Crippen LogP contribution in [0.25, 0.3) is 0 Å². The van der Waals surface area contributed by atoms with E-state index in [9.17, 15) is 9.59 Å². The van der Waals surface area contributed by atoms with E-state index in [1.54, 1.807) is 0 Å². The highest BCUT2D eigenvalue weighted by atomic mass is 16.6. The molecule has 2 N–H and O–H groups in total. The molecule has 1 amide bonds. The Kier molecular flexibility index (Phi) is 4.15. The molecule has 5 nitrogen and oxygen atoms in total. The summed E-state index contributed by atoms with van der Waals surface area (Å²) in [5.74, 6) is -1.18. The van der Waals surface area contributed by atoms with Crippen LogP contribution >= 0.6 is 0 Å². The van der Waals surface area contributed by atoms with Gasteiger partial charge in [0.2, 0.25) is 0 Å². The molecule has 0 fully saturated rings. The zero-order valence-corrected chi connectivity index (χ0v) is 7.97. The molecule has 0 radical (unpaired) electrons. The molecule has 0 aromatic heterocycles. The Morgan fingerprint density at radius 1 is 1.27 bits per heavy atom. The maximum atomic E-state index is 10.9. The Morgan fingerprint density at radius 3 is 2.53 bits per heavy atom. The zero-order valence-electron chi connectivity index (χ0n) is 7.97. The smallest absolute Gasteiger partial charge is 0.407 e. The first-order valence-corrected chi connectivity index (χ1v) is 4.35. The number of carbonyl (C=O) groups excluding carboxylic acids is 1. The van der Waals surface area contributed by atoms with Crippen LogP contribution in [0.15, 0.2) is 30.3 Å². The van der Waals surface area contributed by atoms with Crippen molar-refractivity contribution in [2.45, 2.75) is 6.54 Å². The number of amides is 1. The maximum absolute atomic E-state index is 10.9. The fourth-order valence-electron chi connectivity index (χ4n) is 0.948. The first-order valence-electron chi connectivity index (χ1n) is 4.35. The fraction of sp³-hybridized carbons (Fsp3) is 0.200. The summed E-state index contributed by atoms with van der Waals surface area (Å²) in [6.45, 7) is -0.306. The van der Waals surface area contributed by atoms with Gasteiger partial charge in [-0.05, 0) is 5.56 Å². The topological polar surface area (TPSA) is 75.6 Å². The van der Waals surface area contributed by atoms with Crippen LogP contribution in [0.2, 0.25) is 0 Å². The van der Waals surface area contributed by atoms with E-state index in [2.05, 4.69) is 10.1 Å². The minimum absolute atomic E-state index is 0.319. The Hall–Kier alpha value is -2.04. The summed E-state index contributed by atoms with van der Waals surface area (Å²) in [6.07, 6.45) is -0.735. The summed E-state index contributed by atoms with van der Waals surface area (Å²) < 4.78 is 4.38. The second-order valence-corrected chi connectivity index (χ2v) is 2.81. The second-order valence-electron chi connectivity index (χ2n) is 2.81. The number of alkyl carbamates (subject to hydrolysis) is 1. The third kappa shape index (κ3) is 4.66. The van der Waals surface area contributed by atoms with E-state index in [0.717, 1.165) is 5.56 Å². The van der Waals surface area contributed by atoms with Gasteiger partial charge in [-0.1, -0.05) is 30.3 Å². The van der Waals surface area contributed by atoms with E-state index in [1.165, 1.54) is 0 Å². The van der Waals surface area contributed by atoms with Crippen LogP contribution in [0.5, 0.6) is 0 Å². The van der Waals surface area contributed by atoms with Crippen molar-refractivity contribution in [2.75, 3.05) is 6.61 Å². The Labute approximate surface area is 86.7 Å². The molecule has 1 rings (SSSR count). The number of rotatable bonds is 4. The third-order valence-corrected chi connectivity index (χ3v) is 1.61. The SMILES string of the molecule is O=C(O)COC(=O)NCc1ccccc1. The number of carboxylic acid groups (broad SMARTS) is 1. The summed E-state index contributed by atoms with van der Waals surface area (Å²) >= 11 is 0. The van der Waals surface area contributed by atoms with Crippen molar-refractivity contribution in [3.05, 3.63) is 35.9 Å². The number of hydrogen-bond donors (Lipinski definition) is 2. The van der Waals surface area contributed by atoms with Crippen molar-refractivity contribution in [3.8, 4) is 0 Å². The molecule has 0 spiro atoms. The third-order valence-electron chi connectivity index (χ3n) is 1.61. The molecule has 15 heavy (non-hydrogen) atoms. The summed E-state index contributed by atoms with van der Waals surface area (Å²) in [5.41, 5.74) is 0.921. The van der Waals surface area contributed by atoms with Crippen LogP contribution < -0.4 is 5.32 Å². The van der Waals surface area contributed by atoms with Gasteiger partial charge in [-0.15, -0.1) is 0 Å². The summed E-state index contributed by atoms with van der Waals surface area (Å²) in [5, 5.41) is 10.7. The molecule has 0 heterocycles. The summed E-state index contributed by atoms with van der Waals surface area (Å²) in [4.78, 5) is 21.0. The van der Waals surface area contributed by atoms with E-state index in [1.807, 2.05) is 30.3 Å². The van der Waals surface area contributed by atoms with Crippen LogP contribution in [0, 0.1) is 0 Å². The molecular formula is C10H11NO4. The Morgan fingerprint density at radius 2 is 1.93 bits per heavy atom. The lowest BCUT2D eigenvalue weighted by molar-refractivity contribution is -0.140. The van der Waals surface area contributed by atoms with E-state index in [-0.39, 0.29) is 0 Å². The van der Waals surface area contributed by atoms with Crippen molar-refractivity contribution < 1.29 is 19.4 Å². The summed E-state index contributed by atoms with van der Waals surface area (Å²) in [7, 11) is 0. The molecule has 0 aliphatic carbocycles. The predicted molar refractivity (Wildman–Crippen MR) is 52.3 cm³/mol. The minimum atomic E-state index is -1.18. The molecular weight excluding hydrogens is 198 g/mol. The first kappa shape index (κ1) is 11.0. The van der Waals surface area contributed by atoms with Crippen molar-refractivity contribution in [2.24, 2.45) is 0 Å². The van der Waals surface area contributed by atoms with Crippen LogP contribution in [-0.2, 0) is 16.1 Å². The molecule has 0 bridgehead atoms. The molecule has 5 heteroatoms. The number of benzene rings is 1. The van der Waals surface area contributed by atoms with Crippen molar-refractivity contribution >= 4 is 12.1 Å². The van der Waals surface area contributed by atoms with Gasteiger partial charge < -0.3 is 15.2 Å². The van der Waals surface area contributed by atoms with Gasteiger partial charge in [0.25, 0.3) is 0 Å². The van der Waals surface area contributed by atoms with E-state index >= 15 is 0 Å².